The SMILES string of the molecule is CCC[C@H]1CN(C(=O)c2cccnn2)C[C@@H]1N. The molecular formula is C12H18N4O. The van der Waals surface area contributed by atoms with E-state index in [0.29, 0.717) is 18.2 Å². The Morgan fingerprint density at radius 2 is 2.41 bits per heavy atom. The third-order valence-electron chi connectivity index (χ3n) is 3.23. The number of nitrogens with zero attached hydrogens (tertiary/aromatic N) is 3. The van der Waals surface area contributed by atoms with Gasteiger partial charge in [-0.3, -0.25) is 4.79 Å². The second-order valence-corrected chi connectivity index (χ2v) is 4.53. The largest absolute Gasteiger partial charge is 0.335 e. The standard InChI is InChI=1S/C12H18N4O/c1-2-4-9-7-16(8-10(9)13)12(17)11-5-3-6-14-15-11/h3,5-6,9-10H,2,4,7-8,13H2,1H3/t9-,10-/m0/s1. The second kappa shape index (κ2) is 5.23. The highest BCUT2D eigenvalue weighted by Gasteiger charge is 2.32. The maximum absolute atomic E-state index is 12.1. The summed E-state index contributed by atoms with van der Waals surface area (Å²) in [6.07, 6.45) is 3.74. The minimum absolute atomic E-state index is 0.0628. The second-order valence-electron chi connectivity index (χ2n) is 4.53. The number of carbonyl (C=O) groups excluding carboxylic acids is 1. The van der Waals surface area contributed by atoms with Gasteiger partial charge in [0.15, 0.2) is 5.69 Å². The molecular weight excluding hydrogens is 216 g/mol. The van der Waals surface area contributed by atoms with E-state index < -0.39 is 0 Å². The molecule has 1 saturated heterocycles. The van der Waals surface area contributed by atoms with Crippen LogP contribution in [0, 0.1) is 5.92 Å². The summed E-state index contributed by atoms with van der Waals surface area (Å²) in [4.78, 5) is 13.9. The minimum atomic E-state index is -0.0628. The van der Waals surface area contributed by atoms with Crippen molar-refractivity contribution in [3.8, 4) is 0 Å². The summed E-state index contributed by atoms with van der Waals surface area (Å²) in [6, 6.07) is 3.50. The van der Waals surface area contributed by atoms with Gasteiger partial charge in [-0.1, -0.05) is 13.3 Å². The van der Waals surface area contributed by atoms with Crippen molar-refractivity contribution in [1.82, 2.24) is 15.1 Å². The lowest BCUT2D eigenvalue weighted by Gasteiger charge is -2.15. The van der Waals surface area contributed by atoms with Crippen LogP contribution in [0.1, 0.15) is 30.3 Å². The lowest BCUT2D eigenvalue weighted by atomic mass is 9.99. The molecule has 0 unspecified atom stereocenters. The van der Waals surface area contributed by atoms with Gasteiger partial charge in [-0.2, -0.15) is 5.10 Å². The number of rotatable bonds is 3. The molecule has 0 aliphatic carbocycles. The summed E-state index contributed by atoms with van der Waals surface area (Å²) in [5, 5.41) is 7.56. The first-order valence-corrected chi connectivity index (χ1v) is 6.05. The van der Waals surface area contributed by atoms with E-state index in [2.05, 4.69) is 17.1 Å². The van der Waals surface area contributed by atoms with Crippen LogP contribution in [0.3, 0.4) is 0 Å². The molecule has 0 aromatic carbocycles. The van der Waals surface area contributed by atoms with Crippen LogP contribution >= 0.6 is 0 Å². The Morgan fingerprint density at radius 1 is 1.59 bits per heavy atom. The van der Waals surface area contributed by atoms with Gasteiger partial charge in [0.2, 0.25) is 0 Å². The van der Waals surface area contributed by atoms with E-state index in [0.717, 1.165) is 19.4 Å². The zero-order valence-corrected chi connectivity index (χ0v) is 10.0. The average Bonchev–Trinajstić information content (AvgIpc) is 2.72. The van der Waals surface area contributed by atoms with E-state index in [1.54, 1.807) is 23.2 Å². The van der Waals surface area contributed by atoms with Crippen molar-refractivity contribution in [1.29, 1.82) is 0 Å². The number of hydrogen-bond donors (Lipinski definition) is 1. The Kier molecular flexibility index (Phi) is 3.68. The Labute approximate surface area is 101 Å². The summed E-state index contributed by atoms with van der Waals surface area (Å²) < 4.78 is 0. The topological polar surface area (TPSA) is 72.1 Å². The highest BCUT2D eigenvalue weighted by atomic mass is 16.2. The number of likely N-dealkylation sites (tertiary alicyclic amines) is 1. The fourth-order valence-electron chi connectivity index (χ4n) is 2.32. The summed E-state index contributed by atoms with van der Waals surface area (Å²) in [6.45, 7) is 3.50. The van der Waals surface area contributed by atoms with Gasteiger partial charge in [-0.15, -0.1) is 5.10 Å². The maximum Gasteiger partial charge on any atom is 0.274 e. The first-order valence-electron chi connectivity index (χ1n) is 6.05. The monoisotopic (exact) mass is 234 g/mol. The molecule has 0 spiro atoms. The zero-order valence-electron chi connectivity index (χ0n) is 10.0. The predicted molar refractivity (Wildman–Crippen MR) is 64.3 cm³/mol. The molecule has 2 rings (SSSR count). The third kappa shape index (κ3) is 2.61. The minimum Gasteiger partial charge on any atom is -0.335 e. The molecule has 0 radical (unpaired) electrons. The lowest BCUT2D eigenvalue weighted by Crippen LogP contribution is -2.32. The van der Waals surface area contributed by atoms with Crippen LogP contribution in [0.2, 0.25) is 0 Å². The number of aromatic nitrogens is 2. The van der Waals surface area contributed by atoms with Crippen LogP contribution < -0.4 is 5.73 Å². The third-order valence-corrected chi connectivity index (χ3v) is 3.23. The number of nitrogens with two attached hydrogens (primary N) is 1. The van der Waals surface area contributed by atoms with Gasteiger partial charge < -0.3 is 10.6 Å². The maximum atomic E-state index is 12.1. The van der Waals surface area contributed by atoms with Gasteiger partial charge in [0.25, 0.3) is 5.91 Å². The zero-order chi connectivity index (χ0) is 12.3. The summed E-state index contributed by atoms with van der Waals surface area (Å²) >= 11 is 0. The Balaban J connectivity index is 2.03. The van der Waals surface area contributed by atoms with Gasteiger partial charge >= 0.3 is 0 Å². The molecule has 1 aliphatic rings. The highest BCUT2D eigenvalue weighted by Crippen LogP contribution is 2.21. The molecule has 1 aliphatic heterocycles. The van der Waals surface area contributed by atoms with Crippen molar-refractivity contribution in [2.75, 3.05) is 13.1 Å². The molecule has 92 valence electrons. The first-order chi connectivity index (χ1) is 8.22. The molecule has 1 aromatic heterocycles. The fourth-order valence-corrected chi connectivity index (χ4v) is 2.32. The van der Waals surface area contributed by atoms with Gasteiger partial charge in [0, 0.05) is 25.3 Å². The fraction of sp³-hybridized carbons (Fsp3) is 0.583. The molecule has 5 heteroatoms. The number of carbonyl (C=O) groups is 1. The van der Waals surface area contributed by atoms with Crippen molar-refractivity contribution in [3.05, 3.63) is 24.0 Å². The molecule has 2 atom stereocenters. The molecule has 17 heavy (non-hydrogen) atoms. The van der Waals surface area contributed by atoms with Crippen LogP contribution in [0.25, 0.3) is 0 Å². The molecule has 2 heterocycles. The number of amides is 1. The molecule has 0 bridgehead atoms. The average molecular weight is 234 g/mol. The van der Waals surface area contributed by atoms with E-state index in [4.69, 9.17) is 5.73 Å². The van der Waals surface area contributed by atoms with Gasteiger partial charge in [0.05, 0.1) is 0 Å². The summed E-state index contributed by atoms with van der Waals surface area (Å²) in [7, 11) is 0. The van der Waals surface area contributed by atoms with Crippen molar-refractivity contribution < 1.29 is 4.79 Å². The lowest BCUT2D eigenvalue weighted by molar-refractivity contribution is 0.0778. The van der Waals surface area contributed by atoms with Crippen LogP contribution in [0.15, 0.2) is 18.3 Å². The summed E-state index contributed by atoms with van der Waals surface area (Å²) in [5.41, 5.74) is 6.44. The normalized spacial score (nSPS) is 24.0. The van der Waals surface area contributed by atoms with Crippen molar-refractivity contribution in [2.24, 2.45) is 11.7 Å². The van der Waals surface area contributed by atoms with Crippen molar-refractivity contribution in [3.63, 3.8) is 0 Å². The molecule has 1 amide bonds. The van der Waals surface area contributed by atoms with Crippen LogP contribution in [0.5, 0.6) is 0 Å². The van der Waals surface area contributed by atoms with Crippen LogP contribution in [-0.2, 0) is 0 Å². The van der Waals surface area contributed by atoms with Gasteiger partial charge in [-0.05, 0) is 24.5 Å². The smallest absolute Gasteiger partial charge is 0.274 e. The molecule has 5 nitrogen and oxygen atoms in total. The molecule has 0 saturated carbocycles. The summed E-state index contributed by atoms with van der Waals surface area (Å²) in [5.74, 6) is 0.354. The van der Waals surface area contributed by atoms with Crippen LogP contribution in [0.4, 0.5) is 0 Å². The quantitative estimate of drug-likeness (QED) is 0.834. The predicted octanol–water partition coefficient (Wildman–Crippen LogP) is 0.676. The van der Waals surface area contributed by atoms with Crippen molar-refractivity contribution in [2.45, 2.75) is 25.8 Å². The van der Waals surface area contributed by atoms with E-state index in [1.165, 1.54) is 0 Å². The molecule has 2 N–H and O–H groups in total. The Bertz CT molecular complexity index is 381. The van der Waals surface area contributed by atoms with Gasteiger partial charge in [-0.25, -0.2) is 0 Å². The van der Waals surface area contributed by atoms with E-state index >= 15 is 0 Å². The van der Waals surface area contributed by atoms with E-state index in [-0.39, 0.29) is 11.9 Å². The Morgan fingerprint density at radius 3 is 3.06 bits per heavy atom. The van der Waals surface area contributed by atoms with E-state index in [9.17, 15) is 4.79 Å². The Hall–Kier alpha value is -1.49. The molecule has 1 aromatic rings. The van der Waals surface area contributed by atoms with Crippen LogP contribution in [-0.4, -0.2) is 40.1 Å². The van der Waals surface area contributed by atoms with E-state index in [1.807, 2.05) is 0 Å². The highest BCUT2D eigenvalue weighted by molar-refractivity contribution is 5.92. The first kappa shape index (κ1) is 12.0. The molecule has 1 fully saturated rings. The van der Waals surface area contributed by atoms with Gasteiger partial charge in [0.1, 0.15) is 0 Å². The number of hydrogen-bond acceptors (Lipinski definition) is 4. The van der Waals surface area contributed by atoms with Crippen molar-refractivity contribution >= 4 is 5.91 Å².